The van der Waals surface area contributed by atoms with Gasteiger partial charge in [-0.05, 0) is 29.8 Å². The summed E-state index contributed by atoms with van der Waals surface area (Å²) in [5.41, 5.74) is 1.77. The third kappa shape index (κ3) is 4.76. The fourth-order valence-corrected chi connectivity index (χ4v) is 3.50. The lowest BCUT2D eigenvalue weighted by molar-refractivity contribution is -0.119. The van der Waals surface area contributed by atoms with Gasteiger partial charge in [0, 0.05) is 36.3 Å². The number of hydrogen-bond donors (Lipinski definition) is 1. The van der Waals surface area contributed by atoms with Gasteiger partial charge in [-0.25, -0.2) is 0 Å². The van der Waals surface area contributed by atoms with Crippen molar-refractivity contribution >= 4 is 23.2 Å². The molecule has 0 aliphatic carbocycles. The third-order valence-corrected chi connectivity index (χ3v) is 5.04. The van der Waals surface area contributed by atoms with E-state index in [1.165, 1.54) is 0 Å². The molecule has 2 aromatic carbocycles. The van der Waals surface area contributed by atoms with Gasteiger partial charge in [0.25, 0.3) is 0 Å². The van der Waals surface area contributed by atoms with Crippen LogP contribution in [0, 0.1) is 0 Å². The van der Waals surface area contributed by atoms with E-state index < -0.39 is 0 Å². The number of halogens is 1. The number of benzene rings is 2. The first-order chi connectivity index (χ1) is 13.7. The van der Waals surface area contributed by atoms with Gasteiger partial charge in [0.2, 0.25) is 5.91 Å². The smallest absolute Gasteiger partial charge is 0.238 e. The molecule has 2 aliphatic rings. The van der Waals surface area contributed by atoms with Gasteiger partial charge in [-0.15, -0.1) is 0 Å². The van der Waals surface area contributed by atoms with Gasteiger partial charge in [-0.2, -0.15) is 0 Å². The van der Waals surface area contributed by atoms with Gasteiger partial charge in [-0.1, -0.05) is 23.7 Å². The summed E-state index contributed by atoms with van der Waals surface area (Å²) in [6.45, 7) is 3.54. The van der Waals surface area contributed by atoms with Crippen LogP contribution in [0.2, 0.25) is 5.02 Å². The molecule has 4 rings (SSSR count). The van der Waals surface area contributed by atoms with Crippen LogP contribution >= 0.6 is 11.6 Å². The Kier molecular flexibility index (Phi) is 6.00. The summed E-state index contributed by atoms with van der Waals surface area (Å²) in [6, 6.07) is 13.1. The fraction of sp³-hybridized carbons (Fsp3) is 0.381. The van der Waals surface area contributed by atoms with E-state index in [-0.39, 0.29) is 12.0 Å². The Labute approximate surface area is 169 Å². The maximum absolute atomic E-state index is 12.5. The average molecular weight is 403 g/mol. The molecule has 2 heterocycles. The number of anilines is 1. The predicted molar refractivity (Wildman–Crippen MR) is 107 cm³/mol. The standard InChI is InChI=1S/C21H23ClN2O4/c22-16-4-2-15(3-5-16)20-13-24(8-11-28-20)14-21(25)23-17-6-7-18-19(12-17)27-10-1-9-26-18/h2-7,12,20H,1,8-11,13-14H2,(H,23,25). The molecular formula is C21H23ClN2O4. The monoisotopic (exact) mass is 402 g/mol. The van der Waals surface area contributed by atoms with Crippen LogP contribution in [-0.2, 0) is 9.53 Å². The highest BCUT2D eigenvalue weighted by molar-refractivity contribution is 6.30. The molecule has 28 heavy (non-hydrogen) atoms. The highest BCUT2D eigenvalue weighted by atomic mass is 35.5. The van der Waals surface area contributed by atoms with Crippen molar-refractivity contribution in [3.63, 3.8) is 0 Å². The molecule has 6 nitrogen and oxygen atoms in total. The fourth-order valence-electron chi connectivity index (χ4n) is 3.37. The van der Waals surface area contributed by atoms with Crippen molar-refractivity contribution in [2.75, 3.05) is 44.8 Å². The first-order valence-electron chi connectivity index (χ1n) is 9.46. The Balaban J connectivity index is 1.34. The van der Waals surface area contributed by atoms with Crippen LogP contribution in [0.1, 0.15) is 18.1 Å². The van der Waals surface area contributed by atoms with Crippen LogP contribution in [0.15, 0.2) is 42.5 Å². The van der Waals surface area contributed by atoms with Gasteiger partial charge in [0.05, 0.1) is 32.5 Å². The van der Waals surface area contributed by atoms with E-state index in [4.69, 9.17) is 25.8 Å². The van der Waals surface area contributed by atoms with E-state index in [9.17, 15) is 4.79 Å². The Bertz CT molecular complexity index is 828. The number of hydrogen-bond acceptors (Lipinski definition) is 5. The van der Waals surface area contributed by atoms with Crippen molar-refractivity contribution < 1.29 is 19.0 Å². The summed E-state index contributed by atoms with van der Waals surface area (Å²) in [4.78, 5) is 14.6. The number of ether oxygens (including phenoxy) is 3. The van der Waals surface area contributed by atoms with Crippen molar-refractivity contribution in [2.24, 2.45) is 0 Å². The highest BCUT2D eigenvalue weighted by Crippen LogP contribution is 2.32. The Hall–Kier alpha value is -2.28. The summed E-state index contributed by atoms with van der Waals surface area (Å²) in [5.74, 6) is 1.32. The van der Waals surface area contributed by atoms with Gasteiger partial charge in [0.15, 0.2) is 11.5 Å². The first-order valence-corrected chi connectivity index (χ1v) is 9.84. The van der Waals surface area contributed by atoms with E-state index in [1.54, 1.807) is 0 Å². The molecule has 7 heteroatoms. The second kappa shape index (κ2) is 8.82. The summed E-state index contributed by atoms with van der Waals surface area (Å²) in [7, 11) is 0. The number of nitrogens with zero attached hydrogens (tertiary/aromatic N) is 1. The second-order valence-corrected chi connectivity index (χ2v) is 7.34. The summed E-state index contributed by atoms with van der Waals surface area (Å²) in [5, 5.41) is 3.65. The number of nitrogens with one attached hydrogen (secondary N) is 1. The lowest BCUT2D eigenvalue weighted by Crippen LogP contribution is -2.42. The minimum Gasteiger partial charge on any atom is -0.490 e. The maximum atomic E-state index is 12.5. The summed E-state index contributed by atoms with van der Waals surface area (Å²) >= 11 is 5.96. The highest BCUT2D eigenvalue weighted by Gasteiger charge is 2.23. The molecule has 2 aliphatic heterocycles. The second-order valence-electron chi connectivity index (χ2n) is 6.91. The molecule has 0 spiro atoms. The summed E-state index contributed by atoms with van der Waals surface area (Å²) < 4.78 is 17.2. The van der Waals surface area contributed by atoms with Crippen molar-refractivity contribution in [1.29, 1.82) is 0 Å². The van der Waals surface area contributed by atoms with Crippen LogP contribution < -0.4 is 14.8 Å². The molecule has 1 saturated heterocycles. The van der Waals surface area contributed by atoms with Crippen LogP contribution in [-0.4, -0.2) is 50.3 Å². The van der Waals surface area contributed by atoms with Crippen LogP contribution in [0.3, 0.4) is 0 Å². The molecule has 1 atom stereocenters. The molecule has 1 unspecified atom stereocenters. The number of morpholine rings is 1. The number of carbonyl (C=O) groups is 1. The minimum atomic E-state index is -0.0637. The molecule has 1 N–H and O–H groups in total. The summed E-state index contributed by atoms with van der Waals surface area (Å²) in [6.07, 6.45) is 0.791. The Morgan fingerprint density at radius 1 is 1.07 bits per heavy atom. The molecule has 1 fully saturated rings. The van der Waals surface area contributed by atoms with E-state index in [2.05, 4.69) is 10.2 Å². The number of carbonyl (C=O) groups excluding carboxylic acids is 1. The van der Waals surface area contributed by atoms with Crippen molar-refractivity contribution in [1.82, 2.24) is 4.90 Å². The molecule has 0 aromatic heterocycles. The Morgan fingerprint density at radius 2 is 1.86 bits per heavy atom. The SMILES string of the molecule is O=C(CN1CCOC(c2ccc(Cl)cc2)C1)Nc1ccc2c(c1)OCCCO2. The zero-order valence-corrected chi connectivity index (χ0v) is 16.3. The van der Waals surface area contributed by atoms with Crippen LogP contribution in [0.25, 0.3) is 0 Å². The number of rotatable bonds is 4. The van der Waals surface area contributed by atoms with E-state index in [0.29, 0.717) is 49.4 Å². The normalized spacial score (nSPS) is 19.7. The zero-order valence-electron chi connectivity index (χ0n) is 15.5. The van der Waals surface area contributed by atoms with E-state index >= 15 is 0 Å². The van der Waals surface area contributed by atoms with E-state index in [0.717, 1.165) is 24.3 Å². The molecule has 0 radical (unpaired) electrons. The van der Waals surface area contributed by atoms with Gasteiger partial charge in [-0.3, -0.25) is 9.69 Å². The number of fused-ring (bicyclic) bond motifs is 1. The largest absolute Gasteiger partial charge is 0.490 e. The lowest BCUT2D eigenvalue weighted by atomic mass is 10.1. The van der Waals surface area contributed by atoms with E-state index in [1.807, 2.05) is 42.5 Å². The minimum absolute atomic E-state index is 0.0585. The number of amides is 1. The molecule has 1 amide bonds. The molecule has 0 bridgehead atoms. The molecule has 2 aromatic rings. The first kappa shape index (κ1) is 19.1. The lowest BCUT2D eigenvalue weighted by Gasteiger charge is -2.32. The van der Waals surface area contributed by atoms with Crippen molar-refractivity contribution in [3.05, 3.63) is 53.1 Å². The molecule has 0 saturated carbocycles. The predicted octanol–water partition coefficient (Wildman–Crippen LogP) is 3.51. The van der Waals surface area contributed by atoms with Crippen molar-refractivity contribution in [3.8, 4) is 11.5 Å². The van der Waals surface area contributed by atoms with Crippen LogP contribution in [0.4, 0.5) is 5.69 Å². The quantitative estimate of drug-likeness (QED) is 0.848. The third-order valence-electron chi connectivity index (χ3n) is 4.79. The van der Waals surface area contributed by atoms with Gasteiger partial charge >= 0.3 is 0 Å². The average Bonchev–Trinajstić information content (AvgIpc) is 2.93. The van der Waals surface area contributed by atoms with Crippen LogP contribution in [0.5, 0.6) is 11.5 Å². The van der Waals surface area contributed by atoms with Crippen molar-refractivity contribution in [2.45, 2.75) is 12.5 Å². The van der Waals surface area contributed by atoms with Gasteiger partial charge in [0.1, 0.15) is 0 Å². The Morgan fingerprint density at radius 3 is 2.68 bits per heavy atom. The zero-order chi connectivity index (χ0) is 19.3. The molecular weight excluding hydrogens is 380 g/mol. The maximum Gasteiger partial charge on any atom is 0.238 e. The molecule has 148 valence electrons. The topological polar surface area (TPSA) is 60.0 Å². The van der Waals surface area contributed by atoms with Gasteiger partial charge < -0.3 is 19.5 Å².